The van der Waals surface area contributed by atoms with Crippen LogP contribution in [0, 0.1) is 5.92 Å². The average molecular weight is 386 g/mol. The zero-order valence-corrected chi connectivity index (χ0v) is 17.6. The van der Waals surface area contributed by atoms with Gasteiger partial charge in [-0.3, -0.25) is 15.1 Å². The van der Waals surface area contributed by atoms with Gasteiger partial charge in [0.2, 0.25) is 0 Å². The van der Waals surface area contributed by atoms with Crippen LogP contribution in [0.1, 0.15) is 57.0 Å². The molecule has 6 nitrogen and oxygen atoms in total. The molecule has 6 heteroatoms. The zero-order valence-electron chi connectivity index (χ0n) is 17.6. The molecule has 0 radical (unpaired) electrons. The second-order valence-corrected chi connectivity index (χ2v) is 8.03. The van der Waals surface area contributed by atoms with Gasteiger partial charge >= 0.3 is 0 Å². The van der Waals surface area contributed by atoms with E-state index in [0.29, 0.717) is 17.9 Å². The quantitative estimate of drug-likeness (QED) is 0.809. The van der Waals surface area contributed by atoms with E-state index in [1.807, 2.05) is 44.0 Å². The first-order chi connectivity index (χ1) is 13.3. The monoisotopic (exact) mass is 385 g/mol. The zero-order chi connectivity index (χ0) is 20.5. The maximum atomic E-state index is 13.2. The Morgan fingerprint density at radius 2 is 2.18 bits per heavy atom. The van der Waals surface area contributed by atoms with Crippen molar-refractivity contribution in [2.45, 2.75) is 59.4 Å². The summed E-state index contributed by atoms with van der Waals surface area (Å²) in [7, 11) is 1.63. The molecule has 1 aromatic carbocycles. The van der Waals surface area contributed by atoms with Crippen molar-refractivity contribution in [2.75, 3.05) is 7.11 Å². The highest BCUT2D eigenvalue weighted by atomic mass is 16.7. The van der Waals surface area contributed by atoms with Gasteiger partial charge in [-0.05, 0) is 57.2 Å². The second kappa shape index (κ2) is 8.07. The Balaban J connectivity index is 1.89. The Morgan fingerprint density at radius 3 is 2.82 bits per heavy atom. The number of nitrogens with zero attached hydrogens (tertiary/aromatic N) is 1. The molecule has 1 amide bonds. The van der Waals surface area contributed by atoms with E-state index in [1.54, 1.807) is 7.11 Å². The van der Waals surface area contributed by atoms with Crippen LogP contribution in [0.25, 0.3) is 0 Å². The van der Waals surface area contributed by atoms with Gasteiger partial charge in [0.25, 0.3) is 5.91 Å². The Bertz CT molecular complexity index is 813. The molecule has 2 N–H and O–H groups in total. The summed E-state index contributed by atoms with van der Waals surface area (Å²) in [5.74, 6) is 1.01. The first-order valence-electron chi connectivity index (χ1n) is 9.85. The summed E-state index contributed by atoms with van der Waals surface area (Å²) in [4.78, 5) is 19.0. The van der Waals surface area contributed by atoms with E-state index in [2.05, 4.69) is 36.9 Å². The summed E-state index contributed by atoms with van der Waals surface area (Å²) in [6, 6.07) is 5.55. The van der Waals surface area contributed by atoms with Crippen molar-refractivity contribution in [3.8, 4) is 5.75 Å². The number of hydrogen-bond acceptors (Lipinski definition) is 5. The lowest BCUT2D eigenvalue weighted by atomic mass is 9.90. The molecule has 1 fully saturated rings. The third kappa shape index (κ3) is 3.99. The summed E-state index contributed by atoms with van der Waals surface area (Å²) in [5.41, 5.74) is 9.43. The van der Waals surface area contributed by atoms with Gasteiger partial charge in [0.15, 0.2) is 5.72 Å². The van der Waals surface area contributed by atoms with Crippen LogP contribution in [0.4, 0.5) is 0 Å². The first-order valence-corrected chi connectivity index (χ1v) is 9.85. The van der Waals surface area contributed by atoms with Crippen molar-refractivity contribution in [3.63, 3.8) is 0 Å². The van der Waals surface area contributed by atoms with E-state index in [1.165, 1.54) is 11.1 Å². The van der Waals surface area contributed by atoms with Gasteiger partial charge in [-0.1, -0.05) is 37.6 Å². The third-order valence-electron chi connectivity index (χ3n) is 5.30. The lowest BCUT2D eigenvalue weighted by Crippen LogP contribution is -2.56. The van der Waals surface area contributed by atoms with Crippen molar-refractivity contribution < 1.29 is 14.4 Å². The summed E-state index contributed by atoms with van der Waals surface area (Å²) in [6.45, 7) is 10.2. The van der Waals surface area contributed by atoms with E-state index >= 15 is 0 Å². The summed E-state index contributed by atoms with van der Waals surface area (Å²) < 4.78 is 5.43. The van der Waals surface area contributed by atoms with Crippen LogP contribution < -0.4 is 15.6 Å². The molecule has 1 aliphatic heterocycles. The summed E-state index contributed by atoms with van der Waals surface area (Å²) in [5, 5.41) is 1.87. The molecule has 0 aromatic heterocycles. The Hall–Kier alpha value is -2.15. The maximum absolute atomic E-state index is 13.2. The maximum Gasteiger partial charge on any atom is 0.266 e. The second-order valence-electron chi connectivity index (χ2n) is 8.03. The minimum absolute atomic E-state index is 0.169. The summed E-state index contributed by atoms with van der Waals surface area (Å²) in [6.07, 6.45) is 5.84. The number of allylic oxidation sites excluding steroid dienone is 3. The van der Waals surface area contributed by atoms with Gasteiger partial charge in [-0.2, -0.15) is 10.5 Å². The van der Waals surface area contributed by atoms with Crippen molar-refractivity contribution in [1.29, 1.82) is 0 Å². The van der Waals surface area contributed by atoms with Crippen LogP contribution in [-0.4, -0.2) is 29.9 Å². The van der Waals surface area contributed by atoms with Crippen molar-refractivity contribution in [3.05, 3.63) is 52.6 Å². The first kappa shape index (κ1) is 20.6. The number of carbonyl (C=O) groups is 1. The lowest BCUT2D eigenvalue weighted by molar-refractivity contribution is -0.0965. The molecule has 28 heavy (non-hydrogen) atoms. The molecule has 0 bridgehead atoms. The predicted molar refractivity (Wildman–Crippen MR) is 109 cm³/mol. The largest absolute Gasteiger partial charge is 0.496 e. The van der Waals surface area contributed by atoms with Crippen LogP contribution in [-0.2, 0) is 11.3 Å². The number of methoxy groups -OCH3 is 1. The number of rotatable bonds is 5. The third-order valence-corrected chi connectivity index (χ3v) is 5.30. The van der Waals surface area contributed by atoms with Crippen molar-refractivity contribution in [1.82, 2.24) is 15.9 Å². The average Bonchev–Trinajstić information content (AvgIpc) is 2.94. The fraction of sp³-hybridized carbons (Fsp3) is 0.500. The number of hydroxylamine groups is 1. The van der Waals surface area contributed by atoms with Crippen molar-refractivity contribution in [2.24, 2.45) is 5.92 Å². The molecule has 152 valence electrons. The molecular weight excluding hydrogens is 354 g/mol. The van der Waals surface area contributed by atoms with Crippen LogP contribution in [0.15, 0.2) is 41.5 Å². The van der Waals surface area contributed by atoms with Gasteiger partial charge in [-0.15, -0.1) is 0 Å². The van der Waals surface area contributed by atoms with Crippen LogP contribution in [0.3, 0.4) is 0 Å². The fourth-order valence-electron chi connectivity index (χ4n) is 4.03. The van der Waals surface area contributed by atoms with E-state index in [4.69, 9.17) is 9.57 Å². The van der Waals surface area contributed by atoms with Gasteiger partial charge in [0.05, 0.1) is 7.11 Å². The molecular formula is C22H31N3O3. The molecule has 0 saturated carbocycles. The molecule has 1 heterocycles. The Labute approximate surface area is 167 Å². The smallest absolute Gasteiger partial charge is 0.266 e. The number of hydrogen-bond donors (Lipinski definition) is 2. The molecule has 0 spiro atoms. The molecule has 1 aromatic rings. The molecule has 2 unspecified atom stereocenters. The number of benzene rings is 1. The van der Waals surface area contributed by atoms with E-state index in [9.17, 15) is 4.79 Å². The highest BCUT2D eigenvalue weighted by Crippen LogP contribution is 2.32. The molecule has 1 saturated heterocycles. The predicted octanol–water partition coefficient (Wildman–Crippen LogP) is 3.71. The highest BCUT2D eigenvalue weighted by molar-refractivity contribution is 5.96. The molecule has 1 aliphatic carbocycles. The molecule has 2 atom stereocenters. The lowest BCUT2D eigenvalue weighted by Gasteiger charge is -2.34. The minimum Gasteiger partial charge on any atom is -0.496 e. The number of carbonyl (C=O) groups excluding carboxylic acids is 1. The topological polar surface area (TPSA) is 62.8 Å². The standard InChI is InChI=1S/C22H31N3O3/c1-7-17-18(9-8-10-19(17)27-6)21(26)23-25-20(24-28-22(25,4)5)16-12-14(2)11-15(3)13-16/h8-12,15,20,24H,7,13H2,1-6H3,(H,23,26). The number of hydrazine groups is 1. The van der Waals surface area contributed by atoms with Gasteiger partial charge in [0.1, 0.15) is 11.9 Å². The Kier molecular flexibility index (Phi) is 5.93. The van der Waals surface area contributed by atoms with Gasteiger partial charge < -0.3 is 4.74 Å². The van der Waals surface area contributed by atoms with Crippen molar-refractivity contribution >= 4 is 5.91 Å². The van der Waals surface area contributed by atoms with Crippen LogP contribution >= 0.6 is 0 Å². The van der Waals surface area contributed by atoms with E-state index in [-0.39, 0.29) is 12.1 Å². The van der Waals surface area contributed by atoms with E-state index < -0.39 is 5.72 Å². The SMILES string of the molecule is CCc1c(OC)cccc1C(=O)NN1C(C2=CC(C)=CC(C)C2)NOC1(C)C. The van der Waals surface area contributed by atoms with Gasteiger partial charge in [-0.25, -0.2) is 0 Å². The minimum atomic E-state index is -0.690. The number of ether oxygens (including phenoxy) is 1. The molecule has 3 rings (SSSR count). The fourth-order valence-corrected chi connectivity index (χ4v) is 4.03. The molecule has 2 aliphatic rings. The summed E-state index contributed by atoms with van der Waals surface area (Å²) >= 11 is 0. The van der Waals surface area contributed by atoms with Crippen LogP contribution in [0.2, 0.25) is 0 Å². The van der Waals surface area contributed by atoms with E-state index in [0.717, 1.165) is 17.7 Å². The number of amides is 1. The normalized spacial score (nSPS) is 24.5. The Morgan fingerprint density at radius 1 is 1.43 bits per heavy atom. The van der Waals surface area contributed by atoms with Crippen LogP contribution in [0.5, 0.6) is 5.75 Å². The number of nitrogens with one attached hydrogen (secondary N) is 2. The highest BCUT2D eigenvalue weighted by Gasteiger charge is 2.44. The van der Waals surface area contributed by atoms with Gasteiger partial charge in [0, 0.05) is 11.1 Å².